The van der Waals surface area contributed by atoms with Crippen LogP contribution in [0, 0.1) is 0 Å². The molecule has 0 fully saturated rings. The lowest BCUT2D eigenvalue weighted by Gasteiger charge is -2.18. The van der Waals surface area contributed by atoms with Gasteiger partial charge in [0.05, 0.1) is 16.9 Å². The molecule has 56 heavy (non-hydrogen) atoms. The number of benzene rings is 8. The molecule has 1 unspecified atom stereocenters. The largest absolute Gasteiger partial charge is 0.256 e. The van der Waals surface area contributed by atoms with Crippen molar-refractivity contribution in [1.29, 1.82) is 0 Å². The number of aromatic nitrogens is 3. The van der Waals surface area contributed by atoms with E-state index in [9.17, 15) is 0 Å². The van der Waals surface area contributed by atoms with E-state index >= 15 is 0 Å². The third-order valence-electron chi connectivity index (χ3n) is 11.4. The van der Waals surface area contributed by atoms with Crippen molar-refractivity contribution in [2.45, 2.75) is 12.3 Å². The Labute approximate surface area is 325 Å². The monoisotopic (exact) mass is 713 g/mol. The topological polar surface area (TPSA) is 38.7 Å². The molecule has 2 heterocycles. The van der Waals surface area contributed by atoms with E-state index in [1.807, 2.05) is 12.3 Å². The minimum absolute atomic E-state index is 0.0285. The summed E-state index contributed by atoms with van der Waals surface area (Å²) in [6, 6.07) is 60.9. The number of rotatable bonds is 5. The van der Waals surface area contributed by atoms with E-state index in [-0.39, 0.29) is 5.92 Å². The molecule has 0 aliphatic heterocycles. The van der Waals surface area contributed by atoms with Gasteiger partial charge in [-0.25, -0.2) is 9.97 Å². The second-order valence-electron chi connectivity index (χ2n) is 14.7. The van der Waals surface area contributed by atoms with Crippen LogP contribution in [0.5, 0.6) is 0 Å². The normalized spacial score (nSPS) is 14.2. The van der Waals surface area contributed by atoms with Crippen LogP contribution in [-0.4, -0.2) is 15.0 Å². The van der Waals surface area contributed by atoms with Gasteiger partial charge in [0.2, 0.25) is 0 Å². The highest BCUT2D eigenvalue weighted by atomic mass is 14.9. The Kier molecular flexibility index (Phi) is 7.63. The van der Waals surface area contributed by atoms with Crippen molar-refractivity contribution in [3.8, 4) is 33.6 Å². The molecule has 2 aromatic heterocycles. The first-order valence-corrected chi connectivity index (χ1v) is 19.3. The van der Waals surface area contributed by atoms with Crippen molar-refractivity contribution < 1.29 is 0 Å². The van der Waals surface area contributed by atoms with E-state index < -0.39 is 0 Å². The number of para-hydroxylation sites is 1. The molecule has 3 heteroatoms. The van der Waals surface area contributed by atoms with Gasteiger partial charge in [0.1, 0.15) is 5.82 Å². The average Bonchev–Trinajstić information content (AvgIpc) is 3.28. The smallest absolute Gasteiger partial charge is 0.136 e. The molecular weight excluding hydrogens is 679 g/mol. The van der Waals surface area contributed by atoms with Crippen molar-refractivity contribution in [1.82, 2.24) is 15.0 Å². The van der Waals surface area contributed by atoms with Crippen LogP contribution >= 0.6 is 0 Å². The van der Waals surface area contributed by atoms with Gasteiger partial charge < -0.3 is 0 Å². The Morgan fingerprint density at radius 3 is 1.66 bits per heavy atom. The molecule has 0 radical (unpaired) electrons. The predicted molar refractivity (Wildman–Crippen MR) is 235 cm³/mol. The summed E-state index contributed by atoms with van der Waals surface area (Å²) in [6.45, 7) is 0. The molecular formula is C53H35N3. The van der Waals surface area contributed by atoms with Crippen molar-refractivity contribution in [3.63, 3.8) is 0 Å². The zero-order valence-corrected chi connectivity index (χ0v) is 30.6. The van der Waals surface area contributed by atoms with Crippen LogP contribution in [0.3, 0.4) is 0 Å². The molecule has 0 spiro atoms. The summed E-state index contributed by atoms with van der Waals surface area (Å²) in [7, 11) is 0. The van der Waals surface area contributed by atoms with Gasteiger partial charge in [0, 0.05) is 34.2 Å². The molecule has 10 aromatic rings. The molecule has 1 atom stereocenters. The highest BCUT2D eigenvalue weighted by molar-refractivity contribution is 6.14. The minimum Gasteiger partial charge on any atom is -0.256 e. The number of nitrogens with zero attached hydrogens (tertiary/aromatic N) is 3. The first kappa shape index (κ1) is 32.2. The van der Waals surface area contributed by atoms with Crippen molar-refractivity contribution in [2.24, 2.45) is 0 Å². The highest BCUT2D eigenvalue weighted by Crippen LogP contribution is 2.39. The van der Waals surface area contributed by atoms with Crippen LogP contribution in [-0.2, 0) is 0 Å². The molecule has 262 valence electrons. The standard InChI is InChI=1S/C53H35N3/c1-4-14-42-38(11-1)30-48(46-18-8-6-16-44(42)46)35-23-25-36(26-24-35)51-32-52(49-31-39-12-2-5-15-43(39)45-17-7-9-19-47(45)49)56-53(55-51)37-27-21-34(22-28-37)41-29-40-13-3-10-20-50(40)54-33-41/h1-27,29-33,37H,28H2. The fourth-order valence-corrected chi connectivity index (χ4v) is 8.55. The van der Waals surface area contributed by atoms with Gasteiger partial charge in [-0.3, -0.25) is 4.98 Å². The van der Waals surface area contributed by atoms with Gasteiger partial charge in [-0.1, -0.05) is 158 Å². The fraction of sp³-hybridized carbons (Fsp3) is 0.0377. The van der Waals surface area contributed by atoms with Crippen LogP contribution in [0.4, 0.5) is 0 Å². The third-order valence-corrected chi connectivity index (χ3v) is 11.4. The lowest BCUT2D eigenvalue weighted by atomic mass is 9.91. The van der Waals surface area contributed by atoms with Gasteiger partial charge in [0.15, 0.2) is 0 Å². The van der Waals surface area contributed by atoms with E-state index in [1.54, 1.807) is 0 Å². The summed E-state index contributed by atoms with van der Waals surface area (Å²) in [4.78, 5) is 15.4. The second kappa shape index (κ2) is 13.3. The summed E-state index contributed by atoms with van der Waals surface area (Å²) < 4.78 is 0. The maximum Gasteiger partial charge on any atom is 0.136 e. The summed E-state index contributed by atoms with van der Waals surface area (Å²) in [5.41, 5.74) is 9.73. The third kappa shape index (κ3) is 5.56. The van der Waals surface area contributed by atoms with Crippen LogP contribution in [0.1, 0.15) is 23.7 Å². The molecule has 11 rings (SSSR count). The number of hydrogen-bond donors (Lipinski definition) is 0. The molecule has 0 bridgehead atoms. The highest BCUT2D eigenvalue weighted by Gasteiger charge is 2.20. The Hall–Kier alpha value is -7.23. The molecule has 3 nitrogen and oxygen atoms in total. The van der Waals surface area contributed by atoms with Gasteiger partial charge in [-0.05, 0) is 96.5 Å². The Bertz CT molecular complexity index is 3230. The Morgan fingerprint density at radius 2 is 0.982 bits per heavy atom. The van der Waals surface area contributed by atoms with Crippen molar-refractivity contribution in [3.05, 3.63) is 206 Å². The molecule has 1 aliphatic rings. The molecule has 0 amide bonds. The molecule has 0 saturated carbocycles. The lowest BCUT2D eigenvalue weighted by Crippen LogP contribution is -2.07. The zero-order chi connectivity index (χ0) is 37.0. The van der Waals surface area contributed by atoms with E-state index in [2.05, 4.69) is 182 Å². The number of allylic oxidation sites excluding steroid dienone is 4. The first-order chi connectivity index (χ1) is 27.7. The summed E-state index contributed by atoms with van der Waals surface area (Å²) in [5, 5.41) is 11.0. The Balaban J connectivity index is 1.03. The maximum absolute atomic E-state index is 5.37. The van der Waals surface area contributed by atoms with Crippen LogP contribution in [0.25, 0.3) is 93.2 Å². The van der Waals surface area contributed by atoms with E-state index in [4.69, 9.17) is 15.0 Å². The van der Waals surface area contributed by atoms with E-state index in [0.717, 1.165) is 51.2 Å². The first-order valence-electron chi connectivity index (χ1n) is 19.3. The number of pyridine rings is 1. The lowest BCUT2D eigenvalue weighted by molar-refractivity contribution is 0.777. The van der Waals surface area contributed by atoms with Gasteiger partial charge >= 0.3 is 0 Å². The van der Waals surface area contributed by atoms with Gasteiger partial charge in [0.25, 0.3) is 0 Å². The second-order valence-corrected chi connectivity index (χ2v) is 14.7. The van der Waals surface area contributed by atoms with Gasteiger partial charge in [-0.2, -0.15) is 0 Å². The Morgan fingerprint density at radius 1 is 0.429 bits per heavy atom. The van der Waals surface area contributed by atoms with Crippen molar-refractivity contribution in [2.75, 3.05) is 0 Å². The molecule has 0 saturated heterocycles. The minimum atomic E-state index is 0.0285. The zero-order valence-electron chi connectivity index (χ0n) is 30.6. The summed E-state index contributed by atoms with van der Waals surface area (Å²) in [5.74, 6) is 0.850. The van der Waals surface area contributed by atoms with Crippen LogP contribution < -0.4 is 0 Å². The molecule has 0 N–H and O–H groups in total. The van der Waals surface area contributed by atoms with Crippen LogP contribution in [0.2, 0.25) is 0 Å². The quantitative estimate of drug-likeness (QED) is 0.167. The number of fused-ring (bicyclic) bond motifs is 7. The van der Waals surface area contributed by atoms with Gasteiger partial charge in [-0.15, -0.1) is 0 Å². The maximum atomic E-state index is 5.37. The van der Waals surface area contributed by atoms with E-state index in [0.29, 0.717) is 0 Å². The fourth-order valence-electron chi connectivity index (χ4n) is 8.55. The molecule has 1 aliphatic carbocycles. The molecule has 8 aromatic carbocycles. The number of hydrogen-bond acceptors (Lipinski definition) is 3. The van der Waals surface area contributed by atoms with E-state index in [1.165, 1.54) is 59.8 Å². The summed E-state index contributed by atoms with van der Waals surface area (Å²) >= 11 is 0. The van der Waals surface area contributed by atoms with Crippen LogP contribution in [0.15, 0.2) is 194 Å². The SMILES string of the molecule is C1=CC(c2nc(-c3ccc(-c4cc5ccccc5c5ccccc45)cc3)cc(-c3cc4ccccc4c4ccccc34)n2)CC=C1c1cnc2ccccc2c1. The summed E-state index contributed by atoms with van der Waals surface area (Å²) in [6.07, 6.45) is 9.56. The van der Waals surface area contributed by atoms with Crippen molar-refractivity contribution >= 4 is 59.6 Å². The predicted octanol–water partition coefficient (Wildman–Crippen LogP) is 13.8. The average molecular weight is 714 g/mol.